The number of aromatic nitrogens is 6. The molecule has 0 saturated heterocycles. The molecule has 286 valence electrons. The van der Waals surface area contributed by atoms with Crippen LogP contribution in [0.4, 0.5) is 24.8 Å². The summed E-state index contributed by atoms with van der Waals surface area (Å²) in [4.78, 5) is 26.3. The minimum Gasteiger partial charge on any atom is -0.415 e. The molecular formula is C37H50BrF3N8O2Si2. The number of nitrogens with zero attached hydrogens (tertiary/aromatic N) is 6. The number of fused-ring (bicyclic) bond motifs is 2. The lowest BCUT2D eigenvalue weighted by Crippen LogP contribution is -2.41. The Labute approximate surface area is 320 Å². The van der Waals surface area contributed by atoms with E-state index in [-0.39, 0.29) is 10.1 Å². The Hall–Kier alpha value is -3.58. The molecule has 0 bridgehead atoms. The number of alkyl halides is 3. The third-order valence-electron chi connectivity index (χ3n) is 9.81. The molecule has 10 nitrogen and oxygen atoms in total. The van der Waals surface area contributed by atoms with Gasteiger partial charge in [0.05, 0.1) is 23.2 Å². The van der Waals surface area contributed by atoms with E-state index in [1.54, 1.807) is 37.2 Å². The first-order chi connectivity index (χ1) is 24.6. The molecule has 0 radical (unpaired) electrons. The zero-order valence-electron chi connectivity index (χ0n) is 32.1. The second-order valence-corrected chi connectivity index (χ2v) is 26.1. The van der Waals surface area contributed by atoms with E-state index in [2.05, 4.69) is 124 Å². The third kappa shape index (κ3) is 10.8. The van der Waals surface area contributed by atoms with Gasteiger partial charge in [-0.15, -0.1) is 0 Å². The number of halogens is 4. The average molecular weight is 832 g/mol. The van der Waals surface area contributed by atoms with Crippen molar-refractivity contribution < 1.29 is 22.0 Å². The van der Waals surface area contributed by atoms with Crippen molar-refractivity contribution in [3.8, 4) is 11.1 Å². The van der Waals surface area contributed by atoms with Crippen LogP contribution >= 0.6 is 15.9 Å². The summed E-state index contributed by atoms with van der Waals surface area (Å²) in [5, 5.41) is 6.91. The maximum atomic E-state index is 12.9. The fraction of sp³-hybridized carbons (Fsp3) is 0.459. The first-order valence-electron chi connectivity index (χ1n) is 17.4. The Balaban J connectivity index is 0.000000251. The monoisotopic (exact) mass is 830 g/mol. The summed E-state index contributed by atoms with van der Waals surface area (Å²) in [7, 11) is -3.54. The van der Waals surface area contributed by atoms with Gasteiger partial charge in [0.25, 0.3) is 0 Å². The minimum absolute atomic E-state index is 0.132. The summed E-state index contributed by atoms with van der Waals surface area (Å²) in [6.07, 6.45) is 5.45. The third-order valence-corrected chi connectivity index (χ3v) is 19.5. The molecule has 0 atom stereocenters. The van der Waals surface area contributed by atoms with Gasteiger partial charge >= 0.3 is 6.18 Å². The van der Waals surface area contributed by atoms with Crippen molar-refractivity contribution >= 4 is 66.3 Å². The maximum absolute atomic E-state index is 12.9. The van der Waals surface area contributed by atoms with Crippen molar-refractivity contribution in [1.82, 2.24) is 29.9 Å². The molecule has 5 aromatic rings. The normalized spacial score (nSPS) is 12.8. The summed E-state index contributed by atoms with van der Waals surface area (Å²) < 4.78 is 51.8. The molecule has 0 amide bonds. The molecule has 4 heterocycles. The van der Waals surface area contributed by atoms with Crippen LogP contribution in [0.3, 0.4) is 0 Å². The highest BCUT2D eigenvalue weighted by Gasteiger charge is 2.37. The number of anilines is 2. The van der Waals surface area contributed by atoms with E-state index in [1.807, 2.05) is 0 Å². The molecule has 0 aliphatic heterocycles. The molecule has 53 heavy (non-hydrogen) atoms. The van der Waals surface area contributed by atoms with Gasteiger partial charge in [-0.2, -0.15) is 13.2 Å². The van der Waals surface area contributed by atoms with Gasteiger partial charge in [0, 0.05) is 55.8 Å². The summed E-state index contributed by atoms with van der Waals surface area (Å²) in [6.45, 7) is 24.7. The van der Waals surface area contributed by atoms with Gasteiger partial charge in [-0.05, 0) is 69.9 Å². The fourth-order valence-corrected chi connectivity index (χ4v) is 7.07. The fourth-order valence-electron chi connectivity index (χ4n) is 4.58. The van der Waals surface area contributed by atoms with Gasteiger partial charge in [-0.25, -0.2) is 19.9 Å². The smallest absolute Gasteiger partial charge is 0.415 e. The van der Waals surface area contributed by atoms with Crippen LogP contribution in [0.5, 0.6) is 0 Å². The maximum Gasteiger partial charge on any atom is 0.416 e. The van der Waals surface area contributed by atoms with Crippen LogP contribution in [0.15, 0.2) is 65.9 Å². The second kappa shape index (κ2) is 16.8. The van der Waals surface area contributed by atoms with E-state index in [0.717, 1.165) is 33.5 Å². The van der Waals surface area contributed by atoms with Crippen molar-refractivity contribution in [3.05, 3.63) is 71.5 Å². The Morgan fingerprint density at radius 3 is 1.47 bits per heavy atom. The van der Waals surface area contributed by atoms with Gasteiger partial charge in [0.2, 0.25) is 0 Å². The summed E-state index contributed by atoms with van der Waals surface area (Å²) in [5.74, 6) is 1.31. The van der Waals surface area contributed by atoms with E-state index >= 15 is 0 Å². The standard InChI is InChI=1S/C22H27F3N4OSi.C15H23BrN4OSi/c1-21(2,3)31(4,5)30-13-12-28-20-19-18(26-10-11-27-19)17(14-29-20)15-6-8-16(9-7-15)22(23,24)25;1-15(2,3)22(4,5)21-9-8-19-14-13-12(11(16)10-20-14)17-6-7-18-13/h6-11,14H,12-13H2,1-5H3,(H,28,29);6-7,10H,8-9H2,1-5H3,(H,19,20). The Kier molecular flexibility index (Phi) is 13.4. The van der Waals surface area contributed by atoms with Gasteiger partial charge in [-0.3, -0.25) is 9.97 Å². The van der Waals surface area contributed by atoms with Crippen LogP contribution < -0.4 is 10.6 Å². The van der Waals surface area contributed by atoms with Crippen LogP contribution in [0.25, 0.3) is 33.2 Å². The van der Waals surface area contributed by atoms with E-state index < -0.39 is 28.4 Å². The minimum atomic E-state index is -4.38. The summed E-state index contributed by atoms with van der Waals surface area (Å²) >= 11 is 3.45. The van der Waals surface area contributed by atoms with Gasteiger partial charge in [0.1, 0.15) is 22.1 Å². The highest BCUT2D eigenvalue weighted by Crippen LogP contribution is 2.38. The molecule has 0 saturated carbocycles. The lowest BCUT2D eigenvalue weighted by Gasteiger charge is -2.36. The number of nitrogens with one attached hydrogen (secondary N) is 2. The van der Waals surface area contributed by atoms with Crippen molar-refractivity contribution in [2.24, 2.45) is 0 Å². The highest BCUT2D eigenvalue weighted by molar-refractivity contribution is 9.10. The first kappa shape index (κ1) is 42.2. The molecule has 5 rings (SSSR count). The van der Waals surface area contributed by atoms with Crippen molar-refractivity contribution in [1.29, 1.82) is 0 Å². The number of rotatable bonds is 11. The SMILES string of the molecule is CC(C)(C)[Si](C)(C)OCCNc1ncc(-c2ccc(C(F)(F)F)cc2)c2nccnc12.CC(C)(C)[Si](C)(C)OCCNc1ncc(Br)c2nccnc12. The van der Waals surface area contributed by atoms with E-state index in [9.17, 15) is 13.2 Å². The lowest BCUT2D eigenvalue weighted by molar-refractivity contribution is -0.137. The molecule has 0 aliphatic rings. The van der Waals surface area contributed by atoms with Crippen LogP contribution in [0.1, 0.15) is 47.1 Å². The molecule has 2 N–H and O–H groups in total. The summed E-state index contributed by atoms with van der Waals surface area (Å²) in [5.41, 5.74) is 3.24. The zero-order chi connectivity index (χ0) is 39.2. The van der Waals surface area contributed by atoms with Crippen molar-refractivity contribution in [2.45, 2.75) is 84.0 Å². The molecule has 0 fully saturated rings. The van der Waals surface area contributed by atoms with Crippen LogP contribution in [-0.4, -0.2) is 72.8 Å². The summed E-state index contributed by atoms with van der Waals surface area (Å²) in [6, 6.07) is 4.96. The molecular weight excluding hydrogens is 782 g/mol. The largest absolute Gasteiger partial charge is 0.416 e. The highest BCUT2D eigenvalue weighted by atomic mass is 79.9. The molecule has 4 aromatic heterocycles. The second-order valence-electron chi connectivity index (χ2n) is 15.6. The predicted octanol–water partition coefficient (Wildman–Crippen LogP) is 10.4. The molecule has 16 heteroatoms. The Morgan fingerprint density at radius 1 is 0.604 bits per heavy atom. The van der Waals surface area contributed by atoms with E-state index in [0.29, 0.717) is 54.3 Å². The quantitative estimate of drug-likeness (QED) is 0.0983. The Morgan fingerprint density at radius 2 is 1.02 bits per heavy atom. The van der Waals surface area contributed by atoms with Gasteiger partial charge in [0.15, 0.2) is 28.3 Å². The number of pyridine rings is 2. The average Bonchev–Trinajstić information content (AvgIpc) is 3.08. The van der Waals surface area contributed by atoms with Crippen molar-refractivity contribution in [3.63, 3.8) is 0 Å². The van der Waals surface area contributed by atoms with Crippen LogP contribution in [0.2, 0.25) is 36.3 Å². The molecule has 1 aromatic carbocycles. The Bertz CT molecular complexity index is 1990. The topological polar surface area (TPSA) is 120 Å². The van der Waals surface area contributed by atoms with E-state index in [4.69, 9.17) is 8.85 Å². The first-order valence-corrected chi connectivity index (χ1v) is 24.0. The van der Waals surface area contributed by atoms with E-state index in [1.165, 1.54) is 12.1 Å². The number of hydrogen-bond donors (Lipinski definition) is 2. The molecule has 0 unspecified atom stereocenters. The van der Waals surface area contributed by atoms with Crippen LogP contribution in [0, 0.1) is 0 Å². The molecule has 0 aliphatic carbocycles. The molecule has 0 spiro atoms. The zero-order valence-corrected chi connectivity index (χ0v) is 35.7. The predicted molar refractivity (Wildman–Crippen MR) is 216 cm³/mol. The number of benzene rings is 1. The number of hydrogen-bond acceptors (Lipinski definition) is 10. The van der Waals surface area contributed by atoms with Gasteiger partial charge in [-0.1, -0.05) is 53.7 Å². The van der Waals surface area contributed by atoms with Gasteiger partial charge < -0.3 is 19.5 Å². The van der Waals surface area contributed by atoms with Crippen LogP contribution in [-0.2, 0) is 15.0 Å². The lowest BCUT2D eigenvalue weighted by atomic mass is 10.0. The van der Waals surface area contributed by atoms with Crippen molar-refractivity contribution in [2.75, 3.05) is 36.9 Å².